The van der Waals surface area contributed by atoms with Gasteiger partial charge in [0.2, 0.25) is 0 Å². The summed E-state index contributed by atoms with van der Waals surface area (Å²) in [4.78, 5) is 26.0. The fourth-order valence-electron chi connectivity index (χ4n) is 2.36. The summed E-state index contributed by atoms with van der Waals surface area (Å²) in [6, 6.07) is 19.4. The molecular formula is C18H15N3O2S. The van der Waals surface area contributed by atoms with E-state index in [-0.39, 0.29) is 10.7 Å². The highest BCUT2D eigenvalue weighted by atomic mass is 32.1. The third-order valence-electron chi connectivity index (χ3n) is 3.51. The van der Waals surface area contributed by atoms with E-state index in [1.807, 2.05) is 65.6 Å². The standard InChI is InChI=1S/C18H15N3O2S/c22-16-15(17(23)20-18(24)19-16)12-21(14-9-5-2-6-10-14)11-13-7-3-1-4-8-13/h1-10,12H,11H2,(H2,19,20,22,23,24). The van der Waals surface area contributed by atoms with Crippen LogP contribution in [0.3, 0.4) is 0 Å². The van der Waals surface area contributed by atoms with E-state index in [0.29, 0.717) is 6.54 Å². The van der Waals surface area contributed by atoms with E-state index in [2.05, 4.69) is 10.6 Å². The summed E-state index contributed by atoms with van der Waals surface area (Å²) in [5, 5.41) is 4.92. The molecule has 1 heterocycles. The van der Waals surface area contributed by atoms with Crippen molar-refractivity contribution in [1.82, 2.24) is 10.6 Å². The molecule has 1 aliphatic rings. The first kappa shape index (κ1) is 15.9. The van der Waals surface area contributed by atoms with Crippen LogP contribution in [0, 0.1) is 0 Å². The van der Waals surface area contributed by atoms with Crippen molar-refractivity contribution in [3.63, 3.8) is 0 Å². The third-order valence-corrected chi connectivity index (χ3v) is 3.72. The lowest BCUT2D eigenvalue weighted by molar-refractivity contribution is -0.123. The lowest BCUT2D eigenvalue weighted by Gasteiger charge is -2.24. The first-order chi connectivity index (χ1) is 11.6. The fraction of sp³-hybridized carbons (Fsp3) is 0.0556. The SMILES string of the molecule is O=C1NC(=S)NC(=O)C1=CN(Cc1ccccc1)c1ccccc1. The molecule has 0 aromatic heterocycles. The zero-order valence-electron chi connectivity index (χ0n) is 12.7. The first-order valence-corrected chi connectivity index (χ1v) is 7.78. The average molecular weight is 337 g/mol. The van der Waals surface area contributed by atoms with Gasteiger partial charge >= 0.3 is 0 Å². The molecule has 0 spiro atoms. The van der Waals surface area contributed by atoms with Gasteiger partial charge in [0.25, 0.3) is 11.8 Å². The second kappa shape index (κ2) is 7.06. The van der Waals surface area contributed by atoms with Gasteiger partial charge in [-0.25, -0.2) is 0 Å². The van der Waals surface area contributed by atoms with E-state index in [0.717, 1.165) is 11.3 Å². The smallest absolute Gasteiger partial charge is 0.264 e. The molecule has 1 fully saturated rings. The Morgan fingerprint density at radius 3 is 2.00 bits per heavy atom. The number of thiocarbonyl (C=S) groups is 1. The maximum atomic E-state index is 12.1. The number of anilines is 1. The summed E-state index contributed by atoms with van der Waals surface area (Å²) in [5.74, 6) is -1.00. The van der Waals surface area contributed by atoms with Crippen LogP contribution in [0.4, 0.5) is 5.69 Å². The molecule has 3 rings (SSSR count). The van der Waals surface area contributed by atoms with Gasteiger partial charge in [-0.2, -0.15) is 0 Å². The normalized spacial score (nSPS) is 14.0. The van der Waals surface area contributed by atoms with Gasteiger partial charge < -0.3 is 4.90 Å². The zero-order chi connectivity index (χ0) is 16.9. The van der Waals surface area contributed by atoms with E-state index >= 15 is 0 Å². The largest absolute Gasteiger partial charge is 0.343 e. The van der Waals surface area contributed by atoms with E-state index in [1.54, 1.807) is 6.20 Å². The van der Waals surface area contributed by atoms with Crippen molar-refractivity contribution in [2.24, 2.45) is 0 Å². The summed E-state index contributed by atoms with van der Waals surface area (Å²) in [6.45, 7) is 0.527. The molecule has 2 N–H and O–H groups in total. The summed E-state index contributed by atoms with van der Waals surface area (Å²) in [7, 11) is 0. The Bertz CT molecular complexity index is 782. The summed E-state index contributed by atoms with van der Waals surface area (Å²) in [6.07, 6.45) is 1.55. The highest BCUT2D eigenvalue weighted by Crippen LogP contribution is 2.19. The minimum atomic E-state index is -0.502. The van der Waals surface area contributed by atoms with E-state index in [4.69, 9.17) is 12.2 Å². The first-order valence-electron chi connectivity index (χ1n) is 7.37. The molecule has 0 radical (unpaired) electrons. The number of benzene rings is 2. The molecule has 2 aromatic rings. The van der Waals surface area contributed by atoms with Crippen LogP contribution >= 0.6 is 12.2 Å². The van der Waals surface area contributed by atoms with Crippen LogP contribution in [-0.2, 0) is 16.1 Å². The van der Waals surface area contributed by atoms with Crippen LogP contribution < -0.4 is 15.5 Å². The number of nitrogens with zero attached hydrogens (tertiary/aromatic N) is 1. The average Bonchev–Trinajstić information content (AvgIpc) is 2.58. The molecule has 0 saturated carbocycles. The molecule has 5 nitrogen and oxygen atoms in total. The van der Waals surface area contributed by atoms with Crippen LogP contribution in [0.2, 0.25) is 0 Å². The van der Waals surface area contributed by atoms with Crippen molar-refractivity contribution < 1.29 is 9.59 Å². The van der Waals surface area contributed by atoms with Crippen LogP contribution in [0.15, 0.2) is 72.4 Å². The number of para-hydroxylation sites is 1. The van der Waals surface area contributed by atoms with Gasteiger partial charge in [0.05, 0.1) is 0 Å². The Hall–Kier alpha value is -2.99. The third kappa shape index (κ3) is 3.67. The van der Waals surface area contributed by atoms with Gasteiger partial charge in [-0.05, 0) is 29.9 Å². The molecular weight excluding hydrogens is 322 g/mol. The van der Waals surface area contributed by atoms with Gasteiger partial charge in [0.1, 0.15) is 5.57 Å². The molecule has 2 aromatic carbocycles. The van der Waals surface area contributed by atoms with Gasteiger partial charge in [0.15, 0.2) is 5.11 Å². The van der Waals surface area contributed by atoms with Crippen molar-refractivity contribution >= 4 is 34.8 Å². The van der Waals surface area contributed by atoms with Crippen LogP contribution in [0.1, 0.15) is 5.56 Å². The van der Waals surface area contributed by atoms with Crippen molar-refractivity contribution in [3.8, 4) is 0 Å². The molecule has 0 aliphatic carbocycles. The van der Waals surface area contributed by atoms with Crippen molar-refractivity contribution in [2.45, 2.75) is 6.54 Å². The number of amides is 2. The van der Waals surface area contributed by atoms with Crippen molar-refractivity contribution in [3.05, 3.63) is 78.0 Å². The summed E-state index contributed by atoms with van der Waals surface area (Å²) < 4.78 is 0. The highest BCUT2D eigenvalue weighted by Gasteiger charge is 2.26. The minimum Gasteiger partial charge on any atom is -0.343 e. The molecule has 0 bridgehead atoms. The Morgan fingerprint density at radius 1 is 0.875 bits per heavy atom. The Labute approximate surface area is 145 Å². The Balaban J connectivity index is 1.95. The summed E-state index contributed by atoms with van der Waals surface area (Å²) in [5.41, 5.74) is 1.95. The predicted octanol–water partition coefficient (Wildman–Crippen LogP) is 2.11. The van der Waals surface area contributed by atoms with E-state index < -0.39 is 11.8 Å². The zero-order valence-corrected chi connectivity index (χ0v) is 13.5. The molecule has 0 atom stereocenters. The van der Waals surface area contributed by atoms with Crippen LogP contribution in [0.5, 0.6) is 0 Å². The number of carbonyl (C=O) groups is 2. The molecule has 6 heteroatoms. The molecule has 24 heavy (non-hydrogen) atoms. The van der Waals surface area contributed by atoms with Crippen molar-refractivity contribution in [2.75, 3.05) is 4.90 Å². The Kier molecular flexibility index (Phi) is 4.67. The topological polar surface area (TPSA) is 61.4 Å². The minimum absolute atomic E-state index is 0.0170. The summed E-state index contributed by atoms with van der Waals surface area (Å²) >= 11 is 4.82. The lowest BCUT2D eigenvalue weighted by Crippen LogP contribution is -2.51. The number of hydrogen-bond donors (Lipinski definition) is 2. The second-order valence-electron chi connectivity index (χ2n) is 5.23. The van der Waals surface area contributed by atoms with E-state index in [1.165, 1.54) is 0 Å². The monoisotopic (exact) mass is 337 g/mol. The quantitative estimate of drug-likeness (QED) is 0.510. The van der Waals surface area contributed by atoms with Gasteiger partial charge in [-0.15, -0.1) is 0 Å². The maximum absolute atomic E-state index is 12.1. The number of carbonyl (C=O) groups excluding carboxylic acids is 2. The highest BCUT2D eigenvalue weighted by molar-refractivity contribution is 7.80. The molecule has 1 saturated heterocycles. The van der Waals surface area contributed by atoms with Crippen LogP contribution in [-0.4, -0.2) is 16.9 Å². The molecule has 1 aliphatic heterocycles. The Morgan fingerprint density at radius 2 is 1.42 bits per heavy atom. The predicted molar refractivity (Wildman–Crippen MR) is 96.0 cm³/mol. The van der Waals surface area contributed by atoms with Gasteiger partial charge in [-0.1, -0.05) is 48.5 Å². The number of rotatable bonds is 4. The van der Waals surface area contributed by atoms with Gasteiger partial charge in [-0.3, -0.25) is 20.2 Å². The van der Waals surface area contributed by atoms with E-state index in [9.17, 15) is 9.59 Å². The van der Waals surface area contributed by atoms with Crippen LogP contribution in [0.25, 0.3) is 0 Å². The molecule has 120 valence electrons. The lowest BCUT2D eigenvalue weighted by atomic mass is 10.1. The van der Waals surface area contributed by atoms with Crippen molar-refractivity contribution in [1.29, 1.82) is 0 Å². The fourth-order valence-corrected chi connectivity index (χ4v) is 2.54. The maximum Gasteiger partial charge on any atom is 0.264 e. The second-order valence-corrected chi connectivity index (χ2v) is 5.64. The van der Waals surface area contributed by atoms with Gasteiger partial charge in [0, 0.05) is 18.4 Å². The number of hydrogen-bond acceptors (Lipinski definition) is 4. The number of nitrogens with one attached hydrogen (secondary N) is 2. The molecule has 2 amide bonds. The molecule has 0 unspecified atom stereocenters.